The summed E-state index contributed by atoms with van der Waals surface area (Å²) in [7, 11) is 0. The first-order chi connectivity index (χ1) is 8.09. The number of Topliss-reactive ketones (excluding diaryl/α,β-unsaturated/α-hetero) is 1. The molecule has 1 atom stereocenters. The largest absolute Gasteiger partial charge is 0.465 e. The highest BCUT2D eigenvalue weighted by Crippen LogP contribution is 2.29. The molecule has 0 aromatic heterocycles. The molecule has 1 aliphatic heterocycles. The van der Waals surface area contributed by atoms with Gasteiger partial charge in [-0.2, -0.15) is 0 Å². The normalized spacial score (nSPS) is 20.5. The zero-order valence-electron chi connectivity index (χ0n) is 9.00. The Morgan fingerprint density at radius 2 is 1.88 bits per heavy atom. The van der Waals surface area contributed by atoms with Crippen LogP contribution >= 0.6 is 0 Å². The van der Waals surface area contributed by atoms with E-state index < -0.39 is 18.0 Å². The fourth-order valence-corrected chi connectivity index (χ4v) is 1.99. The van der Waals surface area contributed by atoms with E-state index in [0.717, 1.165) is 4.90 Å². The molecule has 5 nitrogen and oxygen atoms in total. The molecule has 2 amide bonds. The second kappa shape index (κ2) is 4.37. The number of rotatable bonds is 1. The quantitative estimate of drug-likeness (QED) is 0.747. The number of imide groups is 1. The van der Waals surface area contributed by atoms with E-state index in [1.165, 1.54) is 0 Å². The zero-order valence-corrected chi connectivity index (χ0v) is 9.00. The molecule has 1 aromatic carbocycles. The maximum Gasteiger partial charge on any atom is 0.414 e. The van der Waals surface area contributed by atoms with Gasteiger partial charge in [0.05, 0.1) is 12.5 Å². The van der Waals surface area contributed by atoms with E-state index in [4.69, 9.17) is 5.11 Å². The molecule has 0 radical (unpaired) electrons. The number of carbonyl (C=O) groups excluding carboxylic acids is 2. The minimum atomic E-state index is -1.31. The number of carboxylic acid groups (broad SMARTS) is 1. The molecule has 1 saturated heterocycles. The van der Waals surface area contributed by atoms with Crippen LogP contribution in [0.15, 0.2) is 30.3 Å². The van der Waals surface area contributed by atoms with E-state index in [-0.39, 0.29) is 18.6 Å². The van der Waals surface area contributed by atoms with Crippen LogP contribution < -0.4 is 0 Å². The smallest absolute Gasteiger partial charge is 0.414 e. The van der Waals surface area contributed by atoms with Crippen molar-refractivity contribution >= 4 is 17.8 Å². The first kappa shape index (κ1) is 11.3. The van der Waals surface area contributed by atoms with E-state index in [1.807, 2.05) is 0 Å². The van der Waals surface area contributed by atoms with Crippen LogP contribution in [-0.4, -0.2) is 27.8 Å². The van der Waals surface area contributed by atoms with E-state index in [0.29, 0.717) is 5.56 Å². The standard InChI is InChI=1S/C12H11NO4/c14-9-6-10(8-4-2-1-3-5-8)13(12(16)17)11(15)7-9/h1-5,10H,6-7H2,(H,16,17). The monoisotopic (exact) mass is 233 g/mol. The lowest BCUT2D eigenvalue weighted by atomic mass is 9.94. The third-order valence-electron chi connectivity index (χ3n) is 2.74. The topological polar surface area (TPSA) is 74.7 Å². The maximum atomic E-state index is 11.6. The molecule has 1 aromatic rings. The molecule has 0 saturated carbocycles. The summed E-state index contributed by atoms with van der Waals surface area (Å²) in [6.07, 6.45) is -1.58. The summed E-state index contributed by atoms with van der Waals surface area (Å²) in [5.74, 6) is -0.871. The third kappa shape index (κ3) is 2.18. The lowest BCUT2D eigenvalue weighted by Gasteiger charge is -2.31. The molecule has 1 N–H and O–H groups in total. The molecule has 0 aliphatic carbocycles. The first-order valence-electron chi connectivity index (χ1n) is 5.21. The van der Waals surface area contributed by atoms with Crippen LogP contribution in [0.4, 0.5) is 4.79 Å². The SMILES string of the molecule is O=C1CC(=O)N(C(=O)O)C(c2ccccc2)C1. The number of ketones is 1. The van der Waals surface area contributed by atoms with Crippen molar-refractivity contribution in [1.29, 1.82) is 0 Å². The average Bonchev–Trinajstić information content (AvgIpc) is 2.28. The fraction of sp³-hybridized carbons (Fsp3) is 0.250. The highest BCUT2D eigenvalue weighted by molar-refractivity contribution is 6.06. The van der Waals surface area contributed by atoms with Gasteiger partial charge in [0.25, 0.3) is 0 Å². The van der Waals surface area contributed by atoms with E-state index in [2.05, 4.69) is 0 Å². The van der Waals surface area contributed by atoms with Crippen molar-refractivity contribution in [3.8, 4) is 0 Å². The molecule has 5 heteroatoms. The second-order valence-electron chi connectivity index (χ2n) is 3.89. The van der Waals surface area contributed by atoms with Gasteiger partial charge in [0.15, 0.2) is 0 Å². The van der Waals surface area contributed by atoms with Crippen molar-refractivity contribution in [3.63, 3.8) is 0 Å². The van der Waals surface area contributed by atoms with Crippen molar-refractivity contribution in [2.75, 3.05) is 0 Å². The summed E-state index contributed by atoms with van der Waals surface area (Å²) in [5.41, 5.74) is 0.663. The molecule has 1 fully saturated rings. The molecule has 0 bridgehead atoms. The van der Waals surface area contributed by atoms with Crippen LogP contribution in [0.5, 0.6) is 0 Å². The molecule has 0 spiro atoms. The summed E-state index contributed by atoms with van der Waals surface area (Å²) in [6.45, 7) is 0. The fourth-order valence-electron chi connectivity index (χ4n) is 1.99. The van der Waals surface area contributed by atoms with Crippen LogP contribution in [0.2, 0.25) is 0 Å². The van der Waals surface area contributed by atoms with Gasteiger partial charge in [0.2, 0.25) is 5.91 Å². The minimum absolute atomic E-state index is 0.0576. The summed E-state index contributed by atoms with van der Waals surface area (Å²) in [6, 6.07) is 8.03. The molecule has 1 aliphatic rings. The van der Waals surface area contributed by atoms with Crippen LogP contribution in [0.25, 0.3) is 0 Å². The van der Waals surface area contributed by atoms with Gasteiger partial charge in [-0.15, -0.1) is 0 Å². The van der Waals surface area contributed by atoms with Crippen molar-refractivity contribution < 1.29 is 19.5 Å². The highest BCUT2D eigenvalue weighted by atomic mass is 16.4. The average molecular weight is 233 g/mol. The molecular weight excluding hydrogens is 222 g/mol. The number of hydrogen-bond donors (Lipinski definition) is 1. The predicted molar refractivity (Wildman–Crippen MR) is 58.3 cm³/mol. The number of nitrogens with zero attached hydrogens (tertiary/aromatic N) is 1. The Balaban J connectivity index is 2.37. The van der Waals surface area contributed by atoms with Gasteiger partial charge in [-0.1, -0.05) is 30.3 Å². The molecule has 1 unspecified atom stereocenters. The summed E-state index contributed by atoms with van der Waals surface area (Å²) in [5, 5.41) is 9.02. The van der Waals surface area contributed by atoms with Gasteiger partial charge in [0.1, 0.15) is 5.78 Å². The zero-order chi connectivity index (χ0) is 12.4. The Labute approximate surface area is 97.7 Å². The van der Waals surface area contributed by atoms with E-state index in [1.54, 1.807) is 30.3 Å². The van der Waals surface area contributed by atoms with Crippen LogP contribution in [0.3, 0.4) is 0 Å². The van der Waals surface area contributed by atoms with Gasteiger partial charge in [-0.25, -0.2) is 9.69 Å². The number of benzene rings is 1. The first-order valence-corrected chi connectivity index (χ1v) is 5.21. The third-order valence-corrected chi connectivity index (χ3v) is 2.74. The number of amides is 2. The maximum absolute atomic E-state index is 11.6. The summed E-state index contributed by atoms with van der Waals surface area (Å²) >= 11 is 0. The molecular formula is C12H11NO4. The predicted octanol–water partition coefficient (Wildman–Crippen LogP) is 1.60. The van der Waals surface area contributed by atoms with E-state index >= 15 is 0 Å². The van der Waals surface area contributed by atoms with Crippen LogP contribution in [-0.2, 0) is 9.59 Å². The van der Waals surface area contributed by atoms with Crippen molar-refractivity contribution in [3.05, 3.63) is 35.9 Å². The number of hydrogen-bond acceptors (Lipinski definition) is 3. The Bertz CT molecular complexity index is 469. The minimum Gasteiger partial charge on any atom is -0.465 e. The lowest BCUT2D eigenvalue weighted by molar-refractivity contribution is -0.140. The van der Waals surface area contributed by atoms with Crippen LogP contribution in [0.1, 0.15) is 24.4 Å². The summed E-state index contributed by atoms with van der Waals surface area (Å²) in [4.78, 5) is 34.7. The van der Waals surface area contributed by atoms with Gasteiger partial charge < -0.3 is 5.11 Å². The molecule has 17 heavy (non-hydrogen) atoms. The van der Waals surface area contributed by atoms with Crippen molar-refractivity contribution in [2.24, 2.45) is 0 Å². The number of likely N-dealkylation sites (tertiary alicyclic amines) is 1. The van der Waals surface area contributed by atoms with Gasteiger partial charge in [0, 0.05) is 6.42 Å². The van der Waals surface area contributed by atoms with Gasteiger partial charge in [-0.05, 0) is 5.56 Å². The second-order valence-corrected chi connectivity index (χ2v) is 3.89. The Kier molecular flexibility index (Phi) is 2.91. The van der Waals surface area contributed by atoms with Crippen LogP contribution in [0, 0.1) is 0 Å². The Morgan fingerprint density at radius 3 is 2.47 bits per heavy atom. The summed E-state index contributed by atoms with van der Waals surface area (Å²) < 4.78 is 0. The van der Waals surface area contributed by atoms with Crippen molar-refractivity contribution in [1.82, 2.24) is 4.90 Å². The lowest BCUT2D eigenvalue weighted by Crippen LogP contribution is -2.44. The Morgan fingerprint density at radius 1 is 1.24 bits per heavy atom. The van der Waals surface area contributed by atoms with E-state index in [9.17, 15) is 14.4 Å². The molecule has 88 valence electrons. The van der Waals surface area contributed by atoms with Gasteiger partial charge >= 0.3 is 6.09 Å². The van der Waals surface area contributed by atoms with Gasteiger partial charge in [-0.3, -0.25) is 9.59 Å². The number of piperidine rings is 1. The number of carbonyl (C=O) groups is 3. The molecule has 1 heterocycles. The Hall–Kier alpha value is -2.17. The molecule has 2 rings (SSSR count). The highest BCUT2D eigenvalue weighted by Gasteiger charge is 2.37. The van der Waals surface area contributed by atoms with Crippen molar-refractivity contribution in [2.45, 2.75) is 18.9 Å².